The second-order valence-electron chi connectivity index (χ2n) is 7.49. The van der Waals surface area contributed by atoms with Gasteiger partial charge in [0.1, 0.15) is 6.10 Å². The van der Waals surface area contributed by atoms with Crippen LogP contribution in [-0.4, -0.2) is 12.1 Å². The van der Waals surface area contributed by atoms with Crippen LogP contribution in [0.25, 0.3) is 0 Å². The molecular formula is C15H26O2. The molecular weight excluding hydrogens is 212 g/mol. The first-order chi connectivity index (χ1) is 7.44. The van der Waals surface area contributed by atoms with Gasteiger partial charge < -0.3 is 4.74 Å². The fourth-order valence-corrected chi connectivity index (χ4v) is 1.86. The van der Waals surface area contributed by atoms with Crippen molar-refractivity contribution < 1.29 is 9.53 Å². The third-order valence-electron chi connectivity index (χ3n) is 3.37. The molecule has 0 aromatic carbocycles. The van der Waals surface area contributed by atoms with Crippen molar-refractivity contribution in [3.63, 3.8) is 0 Å². The van der Waals surface area contributed by atoms with Crippen molar-refractivity contribution in [1.82, 2.24) is 0 Å². The molecule has 1 rings (SSSR count). The molecule has 0 saturated heterocycles. The third kappa shape index (κ3) is 3.58. The first-order valence-electron chi connectivity index (χ1n) is 6.36. The summed E-state index contributed by atoms with van der Waals surface area (Å²) in [7, 11) is 0. The van der Waals surface area contributed by atoms with Gasteiger partial charge >= 0.3 is 5.97 Å². The first kappa shape index (κ1) is 14.3. The molecule has 0 amide bonds. The van der Waals surface area contributed by atoms with Gasteiger partial charge in [0.25, 0.3) is 0 Å². The third-order valence-corrected chi connectivity index (χ3v) is 3.37. The zero-order valence-electron chi connectivity index (χ0n) is 12.3. The monoisotopic (exact) mass is 238 g/mol. The fraction of sp³-hybridized carbons (Fsp3) is 0.800. The number of allylic oxidation sites excluding steroid dienone is 1. The number of hydrogen-bond acceptors (Lipinski definition) is 2. The van der Waals surface area contributed by atoms with E-state index >= 15 is 0 Å². The number of carbonyl (C=O) groups excluding carboxylic acids is 1. The van der Waals surface area contributed by atoms with Crippen LogP contribution in [0, 0.1) is 16.2 Å². The molecule has 1 aliphatic carbocycles. The van der Waals surface area contributed by atoms with Crippen LogP contribution >= 0.6 is 0 Å². The molecule has 0 spiro atoms. The summed E-state index contributed by atoms with van der Waals surface area (Å²) in [5.41, 5.74) is -0.393. The van der Waals surface area contributed by atoms with Gasteiger partial charge in [-0.2, -0.15) is 0 Å². The van der Waals surface area contributed by atoms with Crippen LogP contribution in [0.2, 0.25) is 0 Å². The molecule has 0 bridgehead atoms. The van der Waals surface area contributed by atoms with Crippen molar-refractivity contribution in [2.75, 3.05) is 0 Å². The summed E-state index contributed by atoms with van der Waals surface area (Å²) < 4.78 is 5.72. The number of ether oxygens (including phenoxy) is 1. The number of rotatable bonds is 1. The summed E-state index contributed by atoms with van der Waals surface area (Å²) in [5, 5.41) is 0. The van der Waals surface area contributed by atoms with E-state index in [2.05, 4.69) is 39.8 Å². The van der Waals surface area contributed by atoms with Gasteiger partial charge in [0, 0.05) is 5.41 Å². The molecule has 17 heavy (non-hydrogen) atoms. The van der Waals surface area contributed by atoms with Crippen molar-refractivity contribution in [2.24, 2.45) is 16.2 Å². The second-order valence-corrected chi connectivity index (χ2v) is 7.49. The Morgan fingerprint density at radius 2 is 1.71 bits per heavy atom. The van der Waals surface area contributed by atoms with Gasteiger partial charge in [0.05, 0.1) is 5.41 Å². The van der Waals surface area contributed by atoms with Crippen LogP contribution < -0.4 is 0 Å². The maximum atomic E-state index is 12.0. The minimum absolute atomic E-state index is 0.0331. The molecule has 0 aliphatic heterocycles. The van der Waals surface area contributed by atoms with Crippen molar-refractivity contribution in [1.29, 1.82) is 0 Å². The van der Waals surface area contributed by atoms with E-state index in [0.29, 0.717) is 0 Å². The van der Waals surface area contributed by atoms with Crippen LogP contribution in [-0.2, 0) is 9.53 Å². The Labute approximate surface area is 105 Å². The second kappa shape index (κ2) is 4.15. The highest BCUT2D eigenvalue weighted by atomic mass is 16.5. The zero-order chi connectivity index (χ0) is 13.5. The molecule has 0 unspecified atom stereocenters. The maximum Gasteiger partial charge on any atom is 0.311 e. The predicted molar refractivity (Wildman–Crippen MR) is 70.7 cm³/mol. The molecule has 0 fully saturated rings. The fourth-order valence-electron chi connectivity index (χ4n) is 1.86. The molecule has 2 heteroatoms. The highest BCUT2D eigenvalue weighted by Crippen LogP contribution is 2.41. The summed E-state index contributed by atoms with van der Waals surface area (Å²) >= 11 is 0. The van der Waals surface area contributed by atoms with E-state index in [-0.39, 0.29) is 22.9 Å². The van der Waals surface area contributed by atoms with E-state index in [0.717, 1.165) is 6.42 Å². The van der Waals surface area contributed by atoms with Crippen LogP contribution in [0.1, 0.15) is 54.9 Å². The Balaban J connectivity index is 2.84. The molecule has 0 N–H and O–H groups in total. The normalized spacial score (nSPS) is 26.6. The molecule has 1 atom stereocenters. The lowest BCUT2D eigenvalue weighted by molar-refractivity contribution is -0.165. The van der Waals surface area contributed by atoms with Crippen LogP contribution in [0.15, 0.2) is 12.2 Å². The summed E-state index contributed by atoms with van der Waals surface area (Å²) in [4.78, 5) is 12.0. The Hall–Kier alpha value is -0.790. The van der Waals surface area contributed by atoms with Crippen molar-refractivity contribution in [3.8, 4) is 0 Å². The standard InChI is InChI=1S/C15H26O2/c1-13(2,3)12(16)17-11-10-14(4,5)8-9-15(11,6)7/h8-9,11H,10H2,1-7H3/t11-/m0/s1. The van der Waals surface area contributed by atoms with Crippen molar-refractivity contribution in [3.05, 3.63) is 12.2 Å². The summed E-state index contributed by atoms with van der Waals surface area (Å²) in [6, 6.07) is 0. The minimum Gasteiger partial charge on any atom is -0.461 e. The molecule has 2 nitrogen and oxygen atoms in total. The highest BCUT2D eigenvalue weighted by Gasteiger charge is 2.40. The van der Waals surface area contributed by atoms with Gasteiger partial charge in [-0.15, -0.1) is 0 Å². The smallest absolute Gasteiger partial charge is 0.311 e. The quantitative estimate of drug-likeness (QED) is 0.510. The summed E-state index contributed by atoms with van der Waals surface area (Å²) in [6.45, 7) is 14.3. The van der Waals surface area contributed by atoms with Gasteiger partial charge in [-0.1, -0.05) is 39.8 Å². The molecule has 0 aromatic rings. The van der Waals surface area contributed by atoms with Crippen LogP contribution in [0.4, 0.5) is 0 Å². The lowest BCUT2D eigenvalue weighted by atomic mass is 9.70. The number of carbonyl (C=O) groups is 1. The molecule has 0 heterocycles. The van der Waals surface area contributed by atoms with Crippen LogP contribution in [0.5, 0.6) is 0 Å². The van der Waals surface area contributed by atoms with Gasteiger partial charge in [-0.05, 0) is 32.6 Å². The largest absolute Gasteiger partial charge is 0.461 e. The molecule has 0 saturated carbocycles. The molecule has 1 aliphatic rings. The van der Waals surface area contributed by atoms with E-state index in [1.807, 2.05) is 20.8 Å². The zero-order valence-corrected chi connectivity index (χ0v) is 12.3. The number of hydrogen-bond donors (Lipinski definition) is 0. The van der Waals surface area contributed by atoms with E-state index in [9.17, 15) is 4.79 Å². The van der Waals surface area contributed by atoms with E-state index in [1.54, 1.807) is 0 Å². The summed E-state index contributed by atoms with van der Waals surface area (Å²) in [5.74, 6) is -0.110. The average molecular weight is 238 g/mol. The van der Waals surface area contributed by atoms with E-state index < -0.39 is 5.41 Å². The van der Waals surface area contributed by atoms with E-state index in [4.69, 9.17) is 4.74 Å². The van der Waals surface area contributed by atoms with Crippen molar-refractivity contribution >= 4 is 5.97 Å². The van der Waals surface area contributed by atoms with Gasteiger partial charge in [0.2, 0.25) is 0 Å². The Kier molecular flexibility index (Phi) is 3.48. The molecule has 0 radical (unpaired) electrons. The molecule has 98 valence electrons. The summed E-state index contributed by atoms with van der Waals surface area (Å²) in [6.07, 6.45) is 5.26. The van der Waals surface area contributed by atoms with E-state index in [1.165, 1.54) is 0 Å². The Bertz CT molecular complexity index is 329. The predicted octanol–water partition coefficient (Wildman–Crippen LogP) is 3.96. The van der Waals surface area contributed by atoms with Crippen LogP contribution in [0.3, 0.4) is 0 Å². The average Bonchev–Trinajstić information content (AvgIpc) is 2.10. The molecule has 0 aromatic heterocycles. The van der Waals surface area contributed by atoms with Gasteiger partial charge in [0.15, 0.2) is 0 Å². The minimum atomic E-state index is -0.429. The Morgan fingerprint density at radius 3 is 2.18 bits per heavy atom. The van der Waals surface area contributed by atoms with Gasteiger partial charge in [-0.25, -0.2) is 0 Å². The first-order valence-corrected chi connectivity index (χ1v) is 6.36. The Morgan fingerprint density at radius 1 is 1.18 bits per heavy atom. The number of esters is 1. The highest BCUT2D eigenvalue weighted by molar-refractivity contribution is 5.75. The topological polar surface area (TPSA) is 26.3 Å². The van der Waals surface area contributed by atoms with Gasteiger partial charge in [-0.3, -0.25) is 4.79 Å². The SMILES string of the molecule is CC1(C)C=CC(C)(C)[C@@H](OC(=O)C(C)(C)C)C1. The lowest BCUT2D eigenvalue weighted by Crippen LogP contribution is -2.41. The maximum absolute atomic E-state index is 12.0. The van der Waals surface area contributed by atoms with Crippen molar-refractivity contribution in [2.45, 2.75) is 61.0 Å². The lowest BCUT2D eigenvalue weighted by Gasteiger charge is -2.41.